The fourth-order valence-corrected chi connectivity index (χ4v) is 2.47. The number of aliphatic hydroxyl groups is 1. The van der Waals surface area contributed by atoms with Gasteiger partial charge < -0.3 is 15.3 Å². The van der Waals surface area contributed by atoms with Crippen LogP contribution in [0.4, 0.5) is 5.82 Å². The number of nitrogens with one attached hydrogen (secondary N) is 1. The van der Waals surface area contributed by atoms with Gasteiger partial charge in [-0.25, -0.2) is 4.98 Å². The van der Waals surface area contributed by atoms with Gasteiger partial charge in [0.25, 0.3) is 0 Å². The predicted molar refractivity (Wildman–Crippen MR) is 73.7 cm³/mol. The first kappa shape index (κ1) is 13.3. The van der Waals surface area contributed by atoms with Crippen molar-refractivity contribution < 1.29 is 5.11 Å². The fraction of sp³-hybridized carbons (Fsp3) is 0.643. The highest BCUT2D eigenvalue weighted by atomic mass is 16.3. The topological polar surface area (TPSA) is 48.4 Å². The molecule has 1 aliphatic heterocycles. The summed E-state index contributed by atoms with van der Waals surface area (Å²) in [6, 6.07) is 4.58. The standard InChI is InChI=1S/C14H23N3O/c1-11(15-2)13-3-4-14(16-9-13)17-7-5-12(10-17)6-8-18/h3-4,9,11-12,15,18H,5-8,10H2,1-2H3. The zero-order valence-electron chi connectivity index (χ0n) is 11.3. The second kappa shape index (κ2) is 6.16. The van der Waals surface area contributed by atoms with E-state index >= 15 is 0 Å². The van der Waals surface area contributed by atoms with Crippen LogP contribution in [0.15, 0.2) is 18.3 Å². The lowest BCUT2D eigenvalue weighted by Gasteiger charge is -2.18. The molecular weight excluding hydrogens is 226 g/mol. The van der Waals surface area contributed by atoms with Crippen molar-refractivity contribution in [2.24, 2.45) is 5.92 Å². The number of hydrogen-bond donors (Lipinski definition) is 2. The number of aromatic nitrogens is 1. The van der Waals surface area contributed by atoms with Gasteiger partial charge in [0.2, 0.25) is 0 Å². The molecule has 1 fully saturated rings. The summed E-state index contributed by atoms with van der Waals surface area (Å²) in [5.74, 6) is 1.68. The Labute approximate surface area is 109 Å². The minimum atomic E-state index is 0.296. The van der Waals surface area contributed by atoms with Crippen molar-refractivity contribution in [3.63, 3.8) is 0 Å². The summed E-state index contributed by atoms with van der Waals surface area (Å²) < 4.78 is 0. The van der Waals surface area contributed by atoms with Crippen LogP contribution in [0.5, 0.6) is 0 Å². The van der Waals surface area contributed by atoms with Crippen LogP contribution in [0.25, 0.3) is 0 Å². The molecule has 2 unspecified atom stereocenters. The van der Waals surface area contributed by atoms with Crippen molar-refractivity contribution in [1.82, 2.24) is 10.3 Å². The number of rotatable bonds is 5. The first-order valence-corrected chi connectivity index (χ1v) is 6.73. The van der Waals surface area contributed by atoms with Crippen LogP contribution in [0.3, 0.4) is 0 Å². The molecule has 2 rings (SSSR count). The average Bonchev–Trinajstić information content (AvgIpc) is 2.87. The number of hydrogen-bond acceptors (Lipinski definition) is 4. The molecule has 18 heavy (non-hydrogen) atoms. The minimum Gasteiger partial charge on any atom is -0.396 e. The van der Waals surface area contributed by atoms with Crippen LogP contribution in [0, 0.1) is 5.92 Å². The lowest BCUT2D eigenvalue weighted by atomic mass is 10.1. The summed E-state index contributed by atoms with van der Waals surface area (Å²) >= 11 is 0. The van der Waals surface area contributed by atoms with Gasteiger partial charge in [0, 0.05) is 31.9 Å². The Kier molecular flexibility index (Phi) is 4.55. The third-order valence-electron chi connectivity index (χ3n) is 3.85. The molecule has 1 aliphatic rings. The third kappa shape index (κ3) is 3.00. The Bertz CT molecular complexity index is 366. The van der Waals surface area contributed by atoms with E-state index in [0.717, 1.165) is 31.7 Å². The highest BCUT2D eigenvalue weighted by molar-refractivity contribution is 5.41. The molecule has 1 aromatic heterocycles. The van der Waals surface area contributed by atoms with Gasteiger partial charge in [-0.15, -0.1) is 0 Å². The largest absolute Gasteiger partial charge is 0.396 e. The van der Waals surface area contributed by atoms with E-state index in [1.165, 1.54) is 5.56 Å². The molecule has 100 valence electrons. The second-order valence-electron chi connectivity index (χ2n) is 5.07. The van der Waals surface area contributed by atoms with Gasteiger partial charge in [-0.3, -0.25) is 0 Å². The molecule has 0 radical (unpaired) electrons. The van der Waals surface area contributed by atoms with Crippen molar-refractivity contribution in [3.8, 4) is 0 Å². The molecule has 2 N–H and O–H groups in total. The average molecular weight is 249 g/mol. The number of anilines is 1. The molecular formula is C14H23N3O. The van der Waals surface area contributed by atoms with Crippen molar-refractivity contribution >= 4 is 5.82 Å². The van der Waals surface area contributed by atoms with Crippen molar-refractivity contribution in [2.75, 3.05) is 31.6 Å². The zero-order chi connectivity index (χ0) is 13.0. The molecule has 0 bridgehead atoms. The molecule has 2 heterocycles. The van der Waals surface area contributed by atoms with Crippen LogP contribution < -0.4 is 10.2 Å². The van der Waals surface area contributed by atoms with Gasteiger partial charge in [0.05, 0.1) is 0 Å². The van der Waals surface area contributed by atoms with Gasteiger partial charge in [-0.2, -0.15) is 0 Å². The summed E-state index contributed by atoms with van der Waals surface area (Å²) in [5, 5.41) is 12.2. The maximum atomic E-state index is 8.97. The van der Waals surface area contributed by atoms with Crippen LogP contribution >= 0.6 is 0 Å². The van der Waals surface area contributed by atoms with E-state index in [1.54, 1.807) is 0 Å². The fourth-order valence-electron chi connectivity index (χ4n) is 2.47. The van der Waals surface area contributed by atoms with Crippen molar-refractivity contribution in [3.05, 3.63) is 23.9 Å². The molecule has 0 aliphatic carbocycles. The monoisotopic (exact) mass is 249 g/mol. The molecule has 0 spiro atoms. The van der Waals surface area contributed by atoms with Crippen LogP contribution in [-0.2, 0) is 0 Å². The lowest BCUT2D eigenvalue weighted by Crippen LogP contribution is -2.21. The lowest BCUT2D eigenvalue weighted by molar-refractivity contribution is 0.263. The highest BCUT2D eigenvalue weighted by Crippen LogP contribution is 2.24. The molecule has 4 nitrogen and oxygen atoms in total. The molecule has 0 amide bonds. The first-order valence-electron chi connectivity index (χ1n) is 6.73. The number of aliphatic hydroxyl groups excluding tert-OH is 1. The molecule has 0 saturated carbocycles. The molecule has 4 heteroatoms. The van der Waals surface area contributed by atoms with E-state index in [1.807, 2.05) is 13.2 Å². The predicted octanol–water partition coefficient (Wildman–Crippen LogP) is 1.57. The smallest absolute Gasteiger partial charge is 0.128 e. The highest BCUT2D eigenvalue weighted by Gasteiger charge is 2.22. The number of pyridine rings is 1. The Morgan fingerprint density at radius 1 is 1.56 bits per heavy atom. The Morgan fingerprint density at radius 2 is 2.39 bits per heavy atom. The van der Waals surface area contributed by atoms with Gasteiger partial charge in [0.1, 0.15) is 5.82 Å². The summed E-state index contributed by atoms with van der Waals surface area (Å²) in [6.07, 6.45) is 4.03. The quantitative estimate of drug-likeness (QED) is 0.831. The van der Waals surface area contributed by atoms with E-state index in [0.29, 0.717) is 18.6 Å². The van der Waals surface area contributed by atoms with Crippen LogP contribution in [0.2, 0.25) is 0 Å². The molecule has 1 aromatic rings. The van der Waals surface area contributed by atoms with E-state index in [4.69, 9.17) is 5.11 Å². The van der Waals surface area contributed by atoms with Crippen LogP contribution in [0.1, 0.15) is 31.4 Å². The zero-order valence-corrected chi connectivity index (χ0v) is 11.3. The van der Waals surface area contributed by atoms with Crippen LogP contribution in [-0.4, -0.2) is 36.8 Å². The molecule has 1 saturated heterocycles. The van der Waals surface area contributed by atoms with Crippen molar-refractivity contribution in [2.45, 2.75) is 25.8 Å². The maximum Gasteiger partial charge on any atom is 0.128 e. The second-order valence-corrected chi connectivity index (χ2v) is 5.07. The summed E-state index contributed by atoms with van der Waals surface area (Å²) in [7, 11) is 1.96. The Morgan fingerprint density at radius 3 is 3.00 bits per heavy atom. The molecule has 2 atom stereocenters. The van der Waals surface area contributed by atoms with Gasteiger partial charge in [0.15, 0.2) is 0 Å². The van der Waals surface area contributed by atoms with Gasteiger partial charge >= 0.3 is 0 Å². The number of nitrogens with zero attached hydrogens (tertiary/aromatic N) is 2. The van der Waals surface area contributed by atoms with Gasteiger partial charge in [-0.05, 0) is 44.4 Å². The van der Waals surface area contributed by atoms with E-state index in [-0.39, 0.29) is 0 Å². The van der Waals surface area contributed by atoms with Gasteiger partial charge in [-0.1, -0.05) is 6.07 Å². The molecule has 0 aromatic carbocycles. The Hall–Kier alpha value is -1.13. The van der Waals surface area contributed by atoms with E-state index in [9.17, 15) is 0 Å². The summed E-state index contributed by atoms with van der Waals surface area (Å²) in [6.45, 7) is 4.50. The maximum absolute atomic E-state index is 8.97. The van der Waals surface area contributed by atoms with Crippen molar-refractivity contribution in [1.29, 1.82) is 0 Å². The Balaban J connectivity index is 1.98. The van der Waals surface area contributed by atoms with E-state index < -0.39 is 0 Å². The first-order chi connectivity index (χ1) is 8.74. The third-order valence-corrected chi connectivity index (χ3v) is 3.85. The summed E-state index contributed by atoms with van der Waals surface area (Å²) in [5.41, 5.74) is 1.22. The van der Waals surface area contributed by atoms with E-state index in [2.05, 4.69) is 34.3 Å². The normalized spacial score (nSPS) is 21.3. The SMILES string of the molecule is CNC(C)c1ccc(N2CCC(CCO)C2)nc1. The summed E-state index contributed by atoms with van der Waals surface area (Å²) in [4.78, 5) is 6.86. The minimum absolute atomic E-state index is 0.296.